The van der Waals surface area contributed by atoms with E-state index < -0.39 is 19.5 Å². The van der Waals surface area contributed by atoms with E-state index in [1.807, 2.05) is 32.0 Å². The van der Waals surface area contributed by atoms with E-state index in [9.17, 15) is 9.18 Å². The molecule has 0 radical (unpaired) electrons. The molecule has 1 N–H and O–H groups in total. The molecule has 6 nitrogen and oxygen atoms in total. The maximum absolute atomic E-state index is 13.9. The lowest BCUT2D eigenvalue weighted by Crippen LogP contribution is -2.44. The number of ketones is 1. The Morgan fingerprint density at radius 1 is 1.00 bits per heavy atom. The van der Waals surface area contributed by atoms with Gasteiger partial charge in [0.1, 0.15) is 30.4 Å². The van der Waals surface area contributed by atoms with Crippen LogP contribution in [0.4, 0.5) is 4.39 Å². The van der Waals surface area contributed by atoms with Gasteiger partial charge in [-0.3, -0.25) is 4.79 Å². The molecule has 2 heterocycles. The number of carbonyl (C=O) groups is 1. The predicted octanol–water partition coefficient (Wildman–Crippen LogP) is 7.10. The molecule has 1 saturated heterocycles. The zero-order valence-electron chi connectivity index (χ0n) is 24.5. The van der Waals surface area contributed by atoms with Gasteiger partial charge in [-0.1, -0.05) is 34.6 Å². The number of aromatic amines is 1. The van der Waals surface area contributed by atoms with Crippen LogP contribution in [0.25, 0.3) is 10.9 Å². The van der Waals surface area contributed by atoms with E-state index >= 15 is 0 Å². The second-order valence-corrected chi connectivity index (χ2v) is 18.1. The van der Waals surface area contributed by atoms with Crippen molar-refractivity contribution in [2.45, 2.75) is 90.0 Å². The predicted molar refractivity (Wildman–Crippen MR) is 153 cm³/mol. The van der Waals surface area contributed by atoms with Gasteiger partial charge in [-0.25, -0.2) is 4.39 Å². The molecule has 5 rings (SSSR count). The zero-order chi connectivity index (χ0) is 28.5. The highest BCUT2D eigenvalue weighted by molar-refractivity contribution is 6.74. The van der Waals surface area contributed by atoms with Gasteiger partial charge in [0.05, 0.1) is 12.2 Å². The number of nitrogens with one attached hydrogen (secondary N) is 1. The van der Waals surface area contributed by atoms with E-state index in [1.165, 1.54) is 12.1 Å². The van der Waals surface area contributed by atoms with Crippen LogP contribution in [-0.4, -0.2) is 50.3 Å². The summed E-state index contributed by atoms with van der Waals surface area (Å²) in [6.45, 7) is 19.8. The summed E-state index contributed by atoms with van der Waals surface area (Å²) in [7, 11) is -1.95. The summed E-state index contributed by atoms with van der Waals surface area (Å²) in [5.41, 5.74) is 3.01. The number of fused-ring (bicyclic) bond motifs is 4. The Balaban J connectivity index is 1.36. The van der Waals surface area contributed by atoms with Crippen molar-refractivity contribution in [3.8, 4) is 5.75 Å². The van der Waals surface area contributed by atoms with Crippen molar-refractivity contribution in [1.82, 2.24) is 4.98 Å². The van der Waals surface area contributed by atoms with Crippen molar-refractivity contribution in [3.05, 3.63) is 64.6 Å². The number of hydrogen-bond acceptors (Lipinski definition) is 5. The fraction of sp³-hybridized carbons (Fsp3) is 0.516. The van der Waals surface area contributed by atoms with E-state index in [0.717, 1.165) is 16.6 Å². The Morgan fingerprint density at radius 3 is 2.33 bits per heavy atom. The molecule has 210 valence electrons. The van der Waals surface area contributed by atoms with E-state index in [4.69, 9.17) is 18.6 Å². The minimum atomic E-state index is -1.95. The summed E-state index contributed by atoms with van der Waals surface area (Å²) >= 11 is 0. The molecule has 0 spiro atoms. The second-order valence-electron chi connectivity index (χ2n) is 13.3. The molecule has 2 atom stereocenters. The van der Waals surface area contributed by atoms with Crippen LogP contribution in [-0.2, 0) is 19.3 Å². The number of ether oxygens (including phenoxy) is 3. The summed E-state index contributed by atoms with van der Waals surface area (Å²) in [4.78, 5) is 16.9. The third-order valence-electron chi connectivity index (χ3n) is 8.64. The van der Waals surface area contributed by atoms with Gasteiger partial charge in [0.2, 0.25) is 0 Å². The fourth-order valence-corrected chi connectivity index (χ4v) is 6.36. The SMILES string of the molecule is CC1(C)O[C@H](COc2ccc3c(c2)C(C)(C)c2[nH]c4cc(F)ccc4c2C3=O)[C@@H](CO[Si](C)(C)C(C)(C)C)O1. The van der Waals surface area contributed by atoms with Crippen LogP contribution in [0.5, 0.6) is 5.75 Å². The first-order valence-electron chi connectivity index (χ1n) is 13.6. The Hall–Kier alpha value is -2.52. The average molecular weight is 554 g/mol. The van der Waals surface area contributed by atoms with Gasteiger partial charge < -0.3 is 23.6 Å². The Morgan fingerprint density at radius 2 is 1.67 bits per heavy atom. The van der Waals surface area contributed by atoms with E-state index in [1.54, 1.807) is 6.07 Å². The maximum Gasteiger partial charge on any atom is 0.195 e. The van der Waals surface area contributed by atoms with Crippen LogP contribution in [0.3, 0.4) is 0 Å². The standard InChI is InChI=1S/C31H40FNO5Si/c1-29(2,3)39(8,9)36-17-25-24(37-31(6,7)38-25)16-35-19-11-13-20-22(15-19)30(4,5)28-26(27(20)34)21-12-10-18(32)14-23(21)33-28/h10-15,24-25,33H,16-17H2,1-9H3/t24-,25-/m1/s1. The number of benzene rings is 2. The first-order chi connectivity index (χ1) is 18.0. The Bertz CT molecular complexity index is 1430. The van der Waals surface area contributed by atoms with Crippen molar-refractivity contribution >= 4 is 25.0 Å². The maximum atomic E-state index is 13.9. The highest BCUT2D eigenvalue weighted by Gasteiger charge is 2.45. The number of carbonyl (C=O) groups excluding carboxylic acids is 1. The molecule has 39 heavy (non-hydrogen) atoms. The number of halogens is 1. The van der Waals surface area contributed by atoms with Gasteiger partial charge in [-0.05, 0) is 73.9 Å². The summed E-state index contributed by atoms with van der Waals surface area (Å²) < 4.78 is 39.0. The molecule has 0 amide bonds. The van der Waals surface area contributed by atoms with Crippen LogP contribution >= 0.6 is 0 Å². The number of hydrogen-bond donors (Lipinski definition) is 1. The van der Waals surface area contributed by atoms with Gasteiger partial charge in [-0.15, -0.1) is 0 Å². The van der Waals surface area contributed by atoms with Crippen molar-refractivity contribution < 1.29 is 27.8 Å². The minimum absolute atomic E-state index is 0.0687. The van der Waals surface area contributed by atoms with Crippen LogP contribution < -0.4 is 4.74 Å². The van der Waals surface area contributed by atoms with Crippen LogP contribution in [0.15, 0.2) is 36.4 Å². The summed E-state index contributed by atoms with van der Waals surface area (Å²) in [5, 5.41) is 0.836. The molecule has 0 bridgehead atoms. The molecule has 3 aromatic rings. The van der Waals surface area contributed by atoms with Crippen molar-refractivity contribution in [2.75, 3.05) is 13.2 Å². The van der Waals surface area contributed by atoms with Gasteiger partial charge in [0.15, 0.2) is 19.9 Å². The largest absolute Gasteiger partial charge is 0.491 e. The van der Waals surface area contributed by atoms with E-state index in [2.05, 4.69) is 52.7 Å². The van der Waals surface area contributed by atoms with Crippen molar-refractivity contribution in [2.24, 2.45) is 0 Å². The normalized spacial score (nSPS) is 22.2. The number of H-pyrrole nitrogens is 1. The van der Waals surface area contributed by atoms with Crippen molar-refractivity contribution in [1.29, 1.82) is 0 Å². The number of aromatic nitrogens is 1. The molecule has 2 aromatic carbocycles. The van der Waals surface area contributed by atoms with Gasteiger partial charge in [0.25, 0.3) is 0 Å². The second kappa shape index (κ2) is 9.26. The topological polar surface area (TPSA) is 69.8 Å². The highest BCUT2D eigenvalue weighted by Crippen LogP contribution is 2.45. The van der Waals surface area contributed by atoms with E-state index in [0.29, 0.717) is 35.6 Å². The highest BCUT2D eigenvalue weighted by atomic mass is 28.4. The Labute approximate surface area is 231 Å². The quantitative estimate of drug-likeness (QED) is 0.330. The molecule has 1 aromatic heterocycles. The molecule has 8 heteroatoms. The molecule has 1 aliphatic heterocycles. The van der Waals surface area contributed by atoms with Gasteiger partial charge in [0, 0.05) is 27.6 Å². The summed E-state index contributed by atoms with van der Waals surface area (Å²) in [6.07, 6.45) is -0.551. The first kappa shape index (κ1) is 28.0. The van der Waals surface area contributed by atoms with Crippen LogP contribution in [0, 0.1) is 5.82 Å². The monoisotopic (exact) mass is 553 g/mol. The smallest absolute Gasteiger partial charge is 0.195 e. The summed E-state index contributed by atoms with van der Waals surface area (Å²) in [6, 6.07) is 10.1. The van der Waals surface area contributed by atoms with Gasteiger partial charge >= 0.3 is 0 Å². The Kier molecular flexibility index (Phi) is 6.65. The van der Waals surface area contributed by atoms with E-state index in [-0.39, 0.29) is 28.8 Å². The first-order valence-corrected chi connectivity index (χ1v) is 16.5. The molecule has 0 unspecified atom stereocenters. The van der Waals surface area contributed by atoms with Crippen LogP contribution in [0.1, 0.15) is 75.6 Å². The third kappa shape index (κ3) is 4.97. The average Bonchev–Trinajstić information content (AvgIpc) is 3.36. The zero-order valence-corrected chi connectivity index (χ0v) is 25.5. The lowest BCUT2D eigenvalue weighted by atomic mass is 9.71. The fourth-order valence-electron chi connectivity index (χ4n) is 5.35. The molecule has 1 aliphatic carbocycles. The molecule has 0 saturated carbocycles. The molecular weight excluding hydrogens is 513 g/mol. The lowest BCUT2D eigenvalue weighted by molar-refractivity contribution is -0.150. The van der Waals surface area contributed by atoms with Crippen LogP contribution in [0.2, 0.25) is 18.1 Å². The molecule has 2 aliphatic rings. The number of rotatable bonds is 6. The minimum Gasteiger partial charge on any atom is -0.491 e. The summed E-state index contributed by atoms with van der Waals surface area (Å²) in [5.74, 6) is -0.488. The lowest BCUT2D eigenvalue weighted by Gasteiger charge is -2.37. The van der Waals surface area contributed by atoms with Crippen molar-refractivity contribution in [3.63, 3.8) is 0 Å². The third-order valence-corrected chi connectivity index (χ3v) is 13.1. The van der Waals surface area contributed by atoms with Gasteiger partial charge in [-0.2, -0.15) is 0 Å². The molecule has 1 fully saturated rings. The molecular formula is C31H40FNO5Si.